The van der Waals surface area contributed by atoms with E-state index in [-0.39, 0.29) is 40.7 Å². The minimum absolute atomic E-state index is 0. The lowest BCUT2D eigenvalue weighted by molar-refractivity contribution is 0.105. The van der Waals surface area contributed by atoms with Gasteiger partial charge in [-0.05, 0) is 44.2 Å². The SMILES string of the molecule is CN1CCC(Oc2nc(N3CCC4(CC3)CNC4)c3cc(Cl)c(Nc4cn[nH]c4)c(F)c3n2)CC1.Cl. The number of piperidine rings is 2. The molecule has 0 radical (unpaired) electrons. The van der Waals surface area contributed by atoms with Crippen LogP contribution in [0.4, 0.5) is 21.6 Å². The summed E-state index contributed by atoms with van der Waals surface area (Å²) >= 11 is 6.57. The molecule has 0 unspecified atom stereocenters. The number of fused-ring (bicyclic) bond motifs is 1. The van der Waals surface area contributed by atoms with Gasteiger partial charge in [-0.1, -0.05) is 11.6 Å². The first kappa shape index (κ1) is 25.3. The number of rotatable bonds is 5. The van der Waals surface area contributed by atoms with Crippen LogP contribution < -0.4 is 20.3 Å². The number of aromatic amines is 1. The topological polar surface area (TPSA) is 94.2 Å². The summed E-state index contributed by atoms with van der Waals surface area (Å²) in [5, 5.41) is 13.9. The van der Waals surface area contributed by atoms with Crippen molar-refractivity contribution in [3.05, 3.63) is 29.3 Å². The van der Waals surface area contributed by atoms with E-state index in [9.17, 15) is 0 Å². The maximum Gasteiger partial charge on any atom is 0.319 e. The van der Waals surface area contributed by atoms with Gasteiger partial charge in [-0.25, -0.2) is 4.39 Å². The molecular weight excluding hydrogens is 506 g/mol. The van der Waals surface area contributed by atoms with Crippen molar-refractivity contribution in [2.24, 2.45) is 5.41 Å². The molecule has 0 aliphatic carbocycles. The first-order valence-electron chi connectivity index (χ1n) is 12.3. The van der Waals surface area contributed by atoms with E-state index in [1.165, 1.54) is 0 Å². The van der Waals surface area contributed by atoms with Crippen molar-refractivity contribution in [1.82, 2.24) is 30.4 Å². The Balaban J connectivity index is 0.00000267. The van der Waals surface area contributed by atoms with Crippen LogP contribution in [0.1, 0.15) is 25.7 Å². The summed E-state index contributed by atoms with van der Waals surface area (Å²) in [5.74, 6) is 0.165. The van der Waals surface area contributed by atoms with Gasteiger partial charge in [-0.15, -0.1) is 12.4 Å². The Morgan fingerprint density at radius 1 is 1.17 bits per heavy atom. The number of ether oxygens (including phenoxy) is 1. The summed E-state index contributed by atoms with van der Waals surface area (Å²) in [6, 6.07) is 1.98. The molecule has 0 saturated carbocycles. The van der Waals surface area contributed by atoms with Gasteiger partial charge in [0.2, 0.25) is 0 Å². The number of anilines is 3. The number of hydrogen-bond acceptors (Lipinski definition) is 8. The minimum atomic E-state index is -0.526. The van der Waals surface area contributed by atoms with Gasteiger partial charge in [0.1, 0.15) is 17.4 Å². The lowest BCUT2D eigenvalue weighted by Gasteiger charge is -2.48. The number of nitrogens with one attached hydrogen (secondary N) is 3. The summed E-state index contributed by atoms with van der Waals surface area (Å²) < 4.78 is 22.1. The molecule has 0 bridgehead atoms. The highest BCUT2D eigenvalue weighted by molar-refractivity contribution is 6.34. The Bertz CT molecular complexity index is 1200. The van der Waals surface area contributed by atoms with E-state index in [0.29, 0.717) is 22.3 Å². The lowest BCUT2D eigenvalue weighted by Crippen LogP contribution is -2.58. The van der Waals surface area contributed by atoms with Crippen LogP contribution in [0, 0.1) is 11.2 Å². The van der Waals surface area contributed by atoms with E-state index in [4.69, 9.17) is 21.3 Å². The minimum Gasteiger partial charge on any atom is -0.460 e. The average molecular weight is 537 g/mol. The molecule has 1 aromatic carbocycles. The zero-order chi connectivity index (χ0) is 24.0. The molecule has 3 aromatic rings. The van der Waals surface area contributed by atoms with Crippen LogP contribution in [0.25, 0.3) is 10.9 Å². The van der Waals surface area contributed by atoms with Gasteiger partial charge in [-0.2, -0.15) is 15.1 Å². The molecule has 12 heteroatoms. The number of H-pyrrole nitrogens is 1. The molecule has 3 saturated heterocycles. The van der Waals surface area contributed by atoms with Crippen molar-refractivity contribution in [2.75, 3.05) is 56.5 Å². The molecule has 2 aromatic heterocycles. The fourth-order valence-electron chi connectivity index (χ4n) is 5.31. The van der Waals surface area contributed by atoms with Crippen molar-refractivity contribution in [3.63, 3.8) is 0 Å². The molecule has 3 aliphatic rings. The Labute approximate surface area is 220 Å². The average Bonchev–Trinajstić information content (AvgIpc) is 3.36. The van der Waals surface area contributed by atoms with Crippen LogP contribution in [0.3, 0.4) is 0 Å². The molecule has 3 fully saturated rings. The van der Waals surface area contributed by atoms with Crippen molar-refractivity contribution < 1.29 is 9.13 Å². The van der Waals surface area contributed by atoms with Gasteiger partial charge in [-0.3, -0.25) is 5.10 Å². The Kier molecular flexibility index (Phi) is 7.13. The predicted octanol–water partition coefficient (Wildman–Crippen LogP) is 3.97. The van der Waals surface area contributed by atoms with E-state index in [2.05, 4.69) is 42.7 Å². The van der Waals surface area contributed by atoms with Gasteiger partial charge >= 0.3 is 6.01 Å². The predicted molar refractivity (Wildman–Crippen MR) is 142 cm³/mol. The molecule has 0 amide bonds. The summed E-state index contributed by atoms with van der Waals surface area (Å²) in [5.41, 5.74) is 1.36. The summed E-state index contributed by atoms with van der Waals surface area (Å²) in [7, 11) is 2.11. The highest BCUT2D eigenvalue weighted by Gasteiger charge is 2.40. The molecular formula is C24H31Cl2FN8O. The van der Waals surface area contributed by atoms with Gasteiger partial charge in [0, 0.05) is 50.9 Å². The Hall–Kier alpha value is -2.40. The van der Waals surface area contributed by atoms with E-state index >= 15 is 4.39 Å². The number of aromatic nitrogens is 4. The third kappa shape index (κ3) is 4.79. The molecule has 0 atom stereocenters. The second kappa shape index (κ2) is 10.2. The van der Waals surface area contributed by atoms with E-state index in [1.54, 1.807) is 18.5 Å². The largest absolute Gasteiger partial charge is 0.460 e. The van der Waals surface area contributed by atoms with Crippen molar-refractivity contribution >= 4 is 52.1 Å². The monoisotopic (exact) mass is 536 g/mol. The zero-order valence-electron chi connectivity index (χ0n) is 20.2. The number of nitrogens with zero attached hydrogens (tertiary/aromatic N) is 5. The summed E-state index contributed by atoms with van der Waals surface area (Å²) in [6.07, 6.45) is 7.16. The summed E-state index contributed by atoms with van der Waals surface area (Å²) in [4.78, 5) is 13.9. The van der Waals surface area contributed by atoms with E-state index in [1.807, 2.05) is 0 Å². The standard InChI is InChI=1S/C24H30ClFN8O.ClH/c1-33-6-2-16(3-7-33)35-23-31-20-17(10-18(25)21(19(20)26)30-15-11-28-29-12-15)22(32-23)34-8-4-24(5-9-34)13-27-14-24;/h10-12,16,27,30H,2-9,13-14H2,1H3,(H,28,29);1H. The first-order valence-corrected chi connectivity index (χ1v) is 12.6. The Morgan fingerprint density at radius 3 is 2.56 bits per heavy atom. The van der Waals surface area contributed by atoms with Gasteiger partial charge in [0.25, 0.3) is 0 Å². The van der Waals surface area contributed by atoms with Gasteiger partial charge in [0.15, 0.2) is 5.82 Å². The Morgan fingerprint density at radius 2 is 1.92 bits per heavy atom. The van der Waals surface area contributed by atoms with Crippen LogP contribution in [0.15, 0.2) is 18.5 Å². The lowest BCUT2D eigenvalue weighted by atomic mass is 9.73. The molecule has 5 heterocycles. The maximum absolute atomic E-state index is 15.9. The zero-order valence-corrected chi connectivity index (χ0v) is 21.8. The fraction of sp³-hybridized carbons (Fsp3) is 0.542. The van der Waals surface area contributed by atoms with Crippen LogP contribution in [0.2, 0.25) is 5.02 Å². The molecule has 6 rings (SSSR count). The molecule has 3 N–H and O–H groups in total. The smallest absolute Gasteiger partial charge is 0.319 e. The van der Waals surface area contributed by atoms with Gasteiger partial charge in [0.05, 0.1) is 22.6 Å². The quantitative estimate of drug-likeness (QED) is 0.450. The second-order valence-corrected chi connectivity index (χ2v) is 10.5. The van der Waals surface area contributed by atoms with Crippen molar-refractivity contribution in [2.45, 2.75) is 31.8 Å². The summed E-state index contributed by atoms with van der Waals surface area (Å²) in [6.45, 7) is 5.76. The number of hydrogen-bond donors (Lipinski definition) is 3. The highest BCUT2D eigenvalue weighted by atomic mass is 35.5. The van der Waals surface area contributed by atoms with Crippen LogP contribution in [-0.2, 0) is 0 Å². The normalized spacial score (nSPS) is 20.2. The third-order valence-electron chi connectivity index (χ3n) is 7.67. The number of likely N-dealkylation sites (tertiary alicyclic amines) is 1. The second-order valence-electron chi connectivity index (χ2n) is 10.1. The van der Waals surface area contributed by atoms with E-state index < -0.39 is 5.82 Å². The third-order valence-corrected chi connectivity index (χ3v) is 7.97. The number of benzene rings is 1. The first-order chi connectivity index (χ1) is 17.0. The van der Waals surface area contributed by atoms with Crippen molar-refractivity contribution in [1.29, 1.82) is 0 Å². The van der Waals surface area contributed by atoms with Crippen molar-refractivity contribution in [3.8, 4) is 6.01 Å². The molecule has 3 aliphatic heterocycles. The molecule has 36 heavy (non-hydrogen) atoms. The van der Waals surface area contributed by atoms with Crippen LogP contribution >= 0.6 is 24.0 Å². The van der Waals surface area contributed by atoms with Gasteiger partial charge < -0.3 is 25.2 Å². The molecule has 194 valence electrons. The van der Waals surface area contributed by atoms with Crippen LogP contribution in [0.5, 0.6) is 6.01 Å². The number of halogens is 3. The van der Waals surface area contributed by atoms with E-state index in [0.717, 1.165) is 65.0 Å². The molecule has 1 spiro atoms. The maximum atomic E-state index is 15.9. The molecule has 9 nitrogen and oxygen atoms in total. The fourth-order valence-corrected chi connectivity index (χ4v) is 5.55. The highest BCUT2D eigenvalue weighted by Crippen LogP contribution is 2.41. The van der Waals surface area contributed by atoms with Crippen LogP contribution in [-0.4, -0.2) is 77.5 Å².